The number of nitrogens with zero attached hydrogens (tertiary/aromatic N) is 2. The van der Waals surface area contributed by atoms with Crippen LogP contribution in [0.25, 0.3) is 0 Å². The number of hydrogen-bond acceptors (Lipinski definition) is 6. The number of likely N-dealkylation sites (tertiary alicyclic amines) is 1. The smallest absolute Gasteiger partial charge is 0.310 e. The zero-order chi connectivity index (χ0) is 28.0. The van der Waals surface area contributed by atoms with E-state index in [9.17, 15) is 19.5 Å². The molecule has 0 aromatic carbocycles. The van der Waals surface area contributed by atoms with E-state index in [-0.39, 0.29) is 47.0 Å². The van der Waals surface area contributed by atoms with E-state index in [1.807, 2.05) is 18.7 Å². The molecule has 2 bridgehead atoms. The Morgan fingerprint density at radius 1 is 1.29 bits per heavy atom. The summed E-state index contributed by atoms with van der Waals surface area (Å²) >= 11 is 5.41. The maximum absolute atomic E-state index is 14.4. The van der Waals surface area contributed by atoms with Crippen molar-refractivity contribution in [3.05, 3.63) is 25.3 Å². The van der Waals surface area contributed by atoms with Crippen molar-refractivity contribution < 1.29 is 24.2 Å². The van der Waals surface area contributed by atoms with Crippen molar-refractivity contribution in [1.82, 2.24) is 9.80 Å². The van der Waals surface area contributed by atoms with Gasteiger partial charge in [-0.2, -0.15) is 0 Å². The van der Waals surface area contributed by atoms with Gasteiger partial charge in [0.25, 0.3) is 0 Å². The van der Waals surface area contributed by atoms with Crippen LogP contribution in [0, 0.1) is 17.8 Å². The van der Waals surface area contributed by atoms with E-state index in [0.29, 0.717) is 25.9 Å². The zero-order valence-electron chi connectivity index (χ0n) is 23.1. The second kappa shape index (κ2) is 13.8. The molecule has 0 aromatic heterocycles. The van der Waals surface area contributed by atoms with Gasteiger partial charge in [0.15, 0.2) is 0 Å². The summed E-state index contributed by atoms with van der Waals surface area (Å²) in [6, 6.07) is -1.25. The summed E-state index contributed by atoms with van der Waals surface area (Å²) in [4.78, 5) is 45.6. The first-order valence-electron chi connectivity index (χ1n) is 14.2. The number of amides is 2. The lowest BCUT2D eigenvalue weighted by atomic mass is 9.71. The molecule has 3 heterocycles. The van der Waals surface area contributed by atoms with Gasteiger partial charge < -0.3 is 19.6 Å². The first-order chi connectivity index (χ1) is 18.2. The number of aliphatic hydroxyl groups excluding tert-OH is 1. The number of aliphatic hydroxyl groups is 1. The molecule has 1 spiro atoms. The second-order valence-electron chi connectivity index (χ2n) is 10.9. The van der Waals surface area contributed by atoms with Crippen molar-refractivity contribution in [1.29, 1.82) is 0 Å². The molecule has 0 radical (unpaired) electrons. The fraction of sp³-hybridized carbons (Fsp3) is 0.759. The lowest BCUT2D eigenvalue weighted by Gasteiger charge is -2.41. The summed E-state index contributed by atoms with van der Waals surface area (Å²) in [5.74, 6) is -1.94. The second-order valence-corrected chi connectivity index (χ2v) is 13.6. The molecule has 0 saturated carbocycles. The monoisotopic (exact) mass is 612 g/mol. The third kappa shape index (κ3) is 5.75. The van der Waals surface area contributed by atoms with E-state index >= 15 is 0 Å². The van der Waals surface area contributed by atoms with Crippen LogP contribution in [0.4, 0.5) is 0 Å². The van der Waals surface area contributed by atoms with Crippen LogP contribution >= 0.6 is 27.7 Å². The van der Waals surface area contributed by atoms with Crippen molar-refractivity contribution in [2.75, 3.05) is 26.3 Å². The predicted molar refractivity (Wildman–Crippen MR) is 156 cm³/mol. The SMILES string of the molecule is C=CCCCOC(=O)[C@H]1[C@@H]2SC3(CC2Br)C(C(=O)N(CC=C)CCCCC)N([C@@H](CO)[C@@H](C)CC)C(=O)[C@H]13. The van der Waals surface area contributed by atoms with Crippen molar-refractivity contribution >= 4 is 45.5 Å². The number of alkyl halides is 1. The number of esters is 1. The quantitative estimate of drug-likeness (QED) is 0.119. The Kier molecular flexibility index (Phi) is 11.4. The van der Waals surface area contributed by atoms with Crippen LogP contribution in [-0.4, -0.2) is 85.9 Å². The molecule has 2 amide bonds. The molecule has 7 nitrogen and oxygen atoms in total. The van der Waals surface area contributed by atoms with Gasteiger partial charge in [-0.25, -0.2) is 0 Å². The highest BCUT2D eigenvalue weighted by molar-refractivity contribution is 9.09. The van der Waals surface area contributed by atoms with Crippen LogP contribution in [-0.2, 0) is 19.1 Å². The molecule has 38 heavy (non-hydrogen) atoms. The molecular weight excluding hydrogens is 568 g/mol. The molecule has 3 unspecified atom stereocenters. The van der Waals surface area contributed by atoms with E-state index in [1.165, 1.54) is 0 Å². The molecule has 3 fully saturated rings. The number of ether oxygens (including phenoxy) is 1. The largest absolute Gasteiger partial charge is 0.465 e. The van der Waals surface area contributed by atoms with Gasteiger partial charge in [0.1, 0.15) is 6.04 Å². The number of thioether (sulfide) groups is 1. The number of unbranched alkanes of at least 4 members (excludes halogenated alkanes) is 3. The molecule has 3 rings (SSSR count). The molecule has 9 heteroatoms. The minimum absolute atomic E-state index is 0.00584. The van der Waals surface area contributed by atoms with Gasteiger partial charge in [-0.05, 0) is 31.6 Å². The molecule has 214 valence electrons. The van der Waals surface area contributed by atoms with Crippen LogP contribution in [0.2, 0.25) is 0 Å². The van der Waals surface area contributed by atoms with Crippen molar-refractivity contribution in [3.8, 4) is 0 Å². The van der Waals surface area contributed by atoms with E-state index < -0.39 is 28.7 Å². The Balaban J connectivity index is 2.04. The Morgan fingerprint density at radius 3 is 2.63 bits per heavy atom. The van der Waals surface area contributed by atoms with Crippen LogP contribution < -0.4 is 0 Å². The maximum Gasteiger partial charge on any atom is 0.310 e. The van der Waals surface area contributed by atoms with Crippen LogP contribution in [0.15, 0.2) is 25.3 Å². The average Bonchev–Trinajstić information content (AvgIpc) is 3.49. The Hall–Kier alpha value is -1.32. The Bertz CT molecular complexity index is 887. The number of rotatable bonds is 16. The highest BCUT2D eigenvalue weighted by Crippen LogP contribution is 2.68. The van der Waals surface area contributed by atoms with Crippen molar-refractivity contribution in [2.45, 2.75) is 92.6 Å². The lowest BCUT2D eigenvalue weighted by Crippen LogP contribution is -2.59. The number of carbonyl (C=O) groups is 3. The summed E-state index contributed by atoms with van der Waals surface area (Å²) < 4.78 is 4.92. The summed E-state index contributed by atoms with van der Waals surface area (Å²) in [5.41, 5.74) is 0. The van der Waals surface area contributed by atoms with E-state index in [1.54, 1.807) is 28.8 Å². The third-order valence-electron chi connectivity index (χ3n) is 8.57. The minimum Gasteiger partial charge on any atom is -0.465 e. The first kappa shape index (κ1) is 31.2. The highest BCUT2D eigenvalue weighted by Gasteiger charge is 2.76. The third-order valence-corrected chi connectivity index (χ3v) is 11.8. The molecule has 8 atom stereocenters. The van der Waals surface area contributed by atoms with E-state index in [4.69, 9.17) is 4.74 Å². The number of allylic oxidation sites excluding steroid dienone is 1. The summed E-state index contributed by atoms with van der Waals surface area (Å²) in [7, 11) is 0. The van der Waals surface area contributed by atoms with E-state index in [2.05, 4.69) is 36.0 Å². The van der Waals surface area contributed by atoms with Gasteiger partial charge in [0.2, 0.25) is 11.8 Å². The number of hydrogen-bond donors (Lipinski definition) is 1. The number of fused-ring (bicyclic) bond motifs is 1. The predicted octanol–water partition coefficient (Wildman–Crippen LogP) is 4.57. The van der Waals surface area contributed by atoms with Crippen molar-refractivity contribution in [3.63, 3.8) is 0 Å². The zero-order valence-corrected chi connectivity index (χ0v) is 25.6. The van der Waals surface area contributed by atoms with Gasteiger partial charge in [0, 0.05) is 23.2 Å². The molecule has 3 aliphatic rings. The normalized spacial score (nSPS) is 31.1. The van der Waals surface area contributed by atoms with Gasteiger partial charge in [-0.3, -0.25) is 14.4 Å². The molecule has 0 aliphatic carbocycles. The average molecular weight is 614 g/mol. The first-order valence-corrected chi connectivity index (χ1v) is 16.0. The highest BCUT2D eigenvalue weighted by atomic mass is 79.9. The number of carbonyl (C=O) groups excluding carboxylic acids is 3. The molecule has 3 saturated heterocycles. The van der Waals surface area contributed by atoms with Gasteiger partial charge in [0.05, 0.1) is 35.8 Å². The minimum atomic E-state index is -0.749. The summed E-state index contributed by atoms with van der Waals surface area (Å²) in [5, 5.41) is 10.4. The van der Waals surface area contributed by atoms with Crippen LogP contribution in [0.5, 0.6) is 0 Å². The molecule has 3 aliphatic heterocycles. The lowest BCUT2D eigenvalue weighted by molar-refractivity contribution is -0.154. The standard InChI is InChI=1S/C29H45BrN2O5S/c1-6-10-12-15-31(14-8-3)27(35)25-29-17-20(30)24(38-29)22(28(36)37-16-13-11-7-2)23(29)26(34)32(25)21(18-33)19(5)9-4/h7-8,19-25,33H,2-3,6,9-18H2,1,4-5H3/t19-,20?,21-,22+,23-,24+,25?,29?/m0/s1. The molecule has 0 aromatic rings. The van der Waals surface area contributed by atoms with E-state index in [0.717, 1.165) is 32.1 Å². The van der Waals surface area contributed by atoms with Gasteiger partial charge >= 0.3 is 5.97 Å². The summed E-state index contributed by atoms with van der Waals surface area (Å²) in [6.07, 6.45) is 9.24. The van der Waals surface area contributed by atoms with Crippen molar-refractivity contribution in [2.24, 2.45) is 17.8 Å². The number of halogens is 1. The topological polar surface area (TPSA) is 87.2 Å². The Labute approximate surface area is 240 Å². The van der Waals surface area contributed by atoms with Gasteiger partial charge in [-0.1, -0.05) is 68.1 Å². The van der Waals surface area contributed by atoms with Crippen LogP contribution in [0.3, 0.4) is 0 Å². The fourth-order valence-electron chi connectivity index (χ4n) is 6.46. The Morgan fingerprint density at radius 2 is 2.03 bits per heavy atom. The molecule has 1 N–H and O–H groups in total. The molecular formula is C29H45BrN2O5S. The fourth-order valence-corrected chi connectivity index (χ4v) is 10.0. The van der Waals surface area contributed by atoms with Crippen LogP contribution in [0.1, 0.15) is 65.7 Å². The summed E-state index contributed by atoms with van der Waals surface area (Å²) in [6.45, 7) is 14.8. The van der Waals surface area contributed by atoms with Gasteiger partial charge in [-0.15, -0.1) is 24.9 Å². The maximum atomic E-state index is 14.4.